The summed E-state index contributed by atoms with van der Waals surface area (Å²) in [5, 5.41) is 8.55. The van der Waals surface area contributed by atoms with Gasteiger partial charge in [0, 0.05) is 31.8 Å². The lowest BCUT2D eigenvalue weighted by molar-refractivity contribution is 0.354. The topological polar surface area (TPSA) is 45.5 Å². The Morgan fingerprint density at radius 1 is 1.22 bits per heavy atom. The zero-order valence-electron chi connectivity index (χ0n) is 11.5. The molecule has 0 atom stereocenters. The molecule has 0 heterocycles. The molecule has 4 heteroatoms. The highest BCUT2D eigenvalue weighted by atomic mass is 16.5. The van der Waals surface area contributed by atoms with Gasteiger partial charge in [-0.3, -0.25) is 0 Å². The first-order valence-corrected chi connectivity index (χ1v) is 5.94. The number of unbranched alkanes of at least 4 members (excludes halogenated alkanes) is 1. The Morgan fingerprint density at radius 2 is 1.83 bits per heavy atom. The van der Waals surface area contributed by atoms with Crippen LogP contribution < -0.4 is 14.4 Å². The van der Waals surface area contributed by atoms with Crippen molar-refractivity contribution >= 4 is 5.69 Å². The number of benzene rings is 1. The first kappa shape index (κ1) is 14.2. The Bertz CT molecular complexity index is 438. The van der Waals surface area contributed by atoms with E-state index < -0.39 is 0 Å². The first-order chi connectivity index (χ1) is 8.63. The van der Waals surface area contributed by atoms with E-state index in [9.17, 15) is 0 Å². The van der Waals surface area contributed by atoms with E-state index in [4.69, 9.17) is 14.7 Å². The number of nitrogens with zero attached hydrogens (tertiary/aromatic N) is 2. The lowest BCUT2D eigenvalue weighted by Crippen LogP contribution is -2.19. The molecule has 0 unspecified atom stereocenters. The van der Waals surface area contributed by atoms with E-state index in [1.807, 2.05) is 26.1 Å². The van der Waals surface area contributed by atoms with Crippen LogP contribution in [0.25, 0.3) is 0 Å². The molecule has 0 amide bonds. The SMILES string of the molecule is COc1cc(C)c(N(C)CCCC#N)cc1OC. The first-order valence-electron chi connectivity index (χ1n) is 5.94. The minimum atomic E-state index is 0.580. The van der Waals surface area contributed by atoms with Gasteiger partial charge < -0.3 is 14.4 Å². The van der Waals surface area contributed by atoms with Crippen LogP contribution in [-0.4, -0.2) is 27.8 Å². The van der Waals surface area contributed by atoms with Gasteiger partial charge in [0.1, 0.15) is 0 Å². The number of anilines is 1. The Balaban J connectivity index is 2.91. The van der Waals surface area contributed by atoms with Gasteiger partial charge in [-0.25, -0.2) is 0 Å². The molecule has 0 aromatic heterocycles. The summed E-state index contributed by atoms with van der Waals surface area (Å²) >= 11 is 0. The van der Waals surface area contributed by atoms with Crippen LogP contribution in [-0.2, 0) is 0 Å². The number of methoxy groups -OCH3 is 2. The van der Waals surface area contributed by atoms with Crippen LogP contribution in [0, 0.1) is 18.3 Å². The Labute approximate surface area is 109 Å². The van der Waals surface area contributed by atoms with Crippen LogP contribution in [0.2, 0.25) is 0 Å². The summed E-state index contributed by atoms with van der Waals surface area (Å²) in [7, 11) is 5.28. The number of aryl methyl sites for hydroxylation is 1. The van der Waals surface area contributed by atoms with Gasteiger partial charge >= 0.3 is 0 Å². The number of hydrogen-bond acceptors (Lipinski definition) is 4. The third-order valence-electron chi connectivity index (χ3n) is 2.90. The van der Waals surface area contributed by atoms with Gasteiger partial charge in [0.2, 0.25) is 0 Å². The largest absolute Gasteiger partial charge is 0.493 e. The van der Waals surface area contributed by atoms with E-state index in [0.717, 1.165) is 35.7 Å². The molecule has 4 nitrogen and oxygen atoms in total. The molecular weight excluding hydrogens is 228 g/mol. The van der Waals surface area contributed by atoms with Gasteiger partial charge in [-0.05, 0) is 25.0 Å². The fourth-order valence-corrected chi connectivity index (χ4v) is 1.90. The highest BCUT2D eigenvalue weighted by Gasteiger charge is 2.11. The molecule has 0 fully saturated rings. The average Bonchev–Trinajstić information content (AvgIpc) is 2.38. The zero-order valence-corrected chi connectivity index (χ0v) is 11.5. The molecule has 0 aliphatic heterocycles. The minimum absolute atomic E-state index is 0.580. The van der Waals surface area contributed by atoms with Crippen LogP contribution in [0.15, 0.2) is 12.1 Å². The molecule has 0 aliphatic carbocycles. The van der Waals surface area contributed by atoms with Crippen molar-refractivity contribution in [2.75, 3.05) is 32.7 Å². The Hall–Kier alpha value is -1.89. The highest BCUT2D eigenvalue weighted by molar-refractivity contribution is 5.61. The summed E-state index contributed by atoms with van der Waals surface area (Å²) in [6, 6.07) is 6.10. The molecule has 1 rings (SSSR count). The van der Waals surface area contributed by atoms with Crippen molar-refractivity contribution in [3.05, 3.63) is 17.7 Å². The monoisotopic (exact) mass is 248 g/mol. The molecular formula is C14H20N2O2. The van der Waals surface area contributed by atoms with Crippen molar-refractivity contribution in [2.45, 2.75) is 19.8 Å². The van der Waals surface area contributed by atoms with Gasteiger partial charge in [-0.1, -0.05) is 0 Å². The second kappa shape index (κ2) is 6.75. The molecule has 98 valence electrons. The average molecular weight is 248 g/mol. The molecule has 1 aromatic rings. The van der Waals surface area contributed by atoms with Gasteiger partial charge in [0.25, 0.3) is 0 Å². The van der Waals surface area contributed by atoms with Crippen LogP contribution >= 0.6 is 0 Å². The summed E-state index contributed by atoms with van der Waals surface area (Å²) in [4.78, 5) is 2.13. The van der Waals surface area contributed by atoms with Crippen LogP contribution in [0.5, 0.6) is 11.5 Å². The lowest BCUT2D eigenvalue weighted by atomic mass is 10.1. The predicted octanol–water partition coefficient (Wildman–Crippen LogP) is 2.75. The van der Waals surface area contributed by atoms with E-state index >= 15 is 0 Å². The van der Waals surface area contributed by atoms with Gasteiger partial charge in [0.15, 0.2) is 11.5 Å². The summed E-state index contributed by atoms with van der Waals surface area (Å²) in [5.41, 5.74) is 2.23. The summed E-state index contributed by atoms with van der Waals surface area (Å²) < 4.78 is 10.6. The molecule has 0 N–H and O–H groups in total. The van der Waals surface area contributed by atoms with Gasteiger partial charge in [0.05, 0.1) is 20.3 Å². The van der Waals surface area contributed by atoms with E-state index in [1.54, 1.807) is 14.2 Å². The third kappa shape index (κ3) is 3.30. The minimum Gasteiger partial charge on any atom is -0.493 e. The van der Waals surface area contributed by atoms with Crippen molar-refractivity contribution in [3.8, 4) is 17.6 Å². The Kier molecular flexibility index (Phi) is 5.31. The Morgan fingerprint density at radius 3 is 2.39 bits per heavy atom. The highest BCUT2D eigenvalue weighted by Crippen LogP contribution is 2.34. The quantitative estimate of drug-likeness (QED) is 0.726. The van der Waals surface area contributed by atoms with Crippen molar-refractivity contribution in [1.82, 2.24) is 0 Å². The van der Waals surface area contributed by atoms with Crippen molar-refractivity contribution in [2.24, 2.45) is 0 Å². The van der Waals surface area contributed by atoms with E-state index in [0.29, 0.717) is 6.42 Å². The molecule has 0 saturated carbocycles. The number of rotatable bonds is 6. The predicted molar refractivity (Wildman–Crippen MR) is 72.4 cm³/mol. The smallest absolute Gasteiger partial charge is 0.162 e. The number of nitriles is 1. The molecule has 1 aromatic carbocycles. The zero-order chi connectivity index (χ0) is 13.5. The summed E-state index contributed by atoms with van der Waals surface area (Å²) in [6.07, 6.45) is 1.44. The van der Waals surface area contributed by atoms with Crippen molar-refractivity contribution in [3.63, 3.8) is 0 Å². The molecule has 18 heavy (non-hydrogen) atoms. The van der Waals surface area contributed by atoms with E-state index in [1.165, 1.54) is 0 Å². The maximum atomic E-state index is 8.55. The molecule has 0 radical (unpaired) electrons. The van der Waals surface area contributed by atoms with Crippen LogP contribution in [0.3, 0.4) is 0 Å². The fraction of sp³-hybridized carbons (Fsp3) is 0.500. The molecule has 0 spiro atoms. The second-order valence-electron chi connectivity index (χ2n) is 4.18. The number of ether oxygens (including phenoxy) is 2. The van der Waals surface area contributed by atoms with Crippen molar-refractivity contribution < 1.29 is 9.47 Å². The molecule has 0 saturated heterocycles. The standard InChI is InChI=1S/C14H20N2O2/c1-11-9-13(17-3)14(18-4)10-12(11)16(2)8-6-5-7-15/h9-10H,5-6,8H2,1-4H3. The van der Waals surface area contributed by atoms with Crippen LogP contribution in [0.1, 0.15) is 18.4 Å². The third-order valence-corrected chi connectivity index (χ3v) is 2.90. The molecule has 0 bridgehead atoms. The lowest BCUT2D eigenvalue weighted by Gasteiger charge is -2.22. The van der Waals surface area contributed by atoms with E-state index in [-0.39, 0.29) is 0 Å². The summed E-state index contributed by atoms with van der Waals surface area (Å²) in [6.45, 7) is 2.89. The van der Waals surface area contributed by atoms with E-state index in [2.05, 4.69) is 11.0 Å². The van der Waals surface area contributed by atoms with Gasteiger partial charge in [-0.2, -0.15) is 5.26 Å². The maximum absolute atomic E-state index is 8.55. The summed E-state index contributed by atoms with van der Waals surface area (Å²) in [5.74, 6) is 1.47. The maximum Gasteiger partial charge on any atom is 0.162 e. The van der Waals surface area contributed by atoms with Crippen LogP contribution in [0.4, 0.5) is 5.69 Å². The fourth-order valence-electron chi connectivity index (χ4n) is 1.90. The van der Waals surface area contributed by atoms with Crippen molar-refractivity contribution in [1.29, 1.82) is 5.26 Å². The number of hydrogen-bond donors (Lipinski definition) is 0. The normalized spacial score (nSPS) is 9.72. The van der Waals surface area contributed by atoms with Gasteiger partial charge in [-0.15, -0.1) is 0 Å². The second-order valence-corrected chi connectivity index (χ2v) is 4.18. The molecule has 0 aliphatic rings.